The molecule has 1 aromatic heterocycles. The molecule has 0 fully saturated rings. The second kappa shape index (κ2) is 6.98. The number of aromatic nitrogens is 2. The normalized spacial score (nSPS) is 11.4. The summed E-state index contributed by atoms with van der Waals surface area (Å²) >= 11 is 0. The predicted molar refractivity (Wildman–Crippen MR) is 80.0 cm³/mol. The summed E-state index contributed by atoms with van der Waals surface area (Å²) in [6.07, 6.45) is -5.05. The van der Waals surface area contributed by atoms with Gasteiger partial charge < -0.3 is 10.7 Å². The maximum absolute atomic E-state index is 14.3. The second-order valence-electron chi connectivity index (χ2n) is 4.95. The highest BCUT2D eigenvalue weighted by atomic mass is 19.4. The maximum atomic E-state index is 14.3. The van der Waals surface area contributed by atoms with Crippen LogP contribution in [0.2, 0.25) is 0 Å². The first-order valence-electron chi connectivity index (χ1n) is 6.82. The van der Waals surface area contributed by atoms with Crippen molar-refractivity contribution in [3.63, 3.8) is 0 Å². The molecule has 0 atom stereocenters. The number of halogens is 4. The van der Waals surface area contributed by atoms with E-state index in [0.717, 1.165) is 12.1 Å². The Morgan fingerprint density at radius 2 is 1.96 bits per heavy atom. The van der Waals surface area contributed by atoms with Gasteiger partial charge in [-0.1, -0.05) is 0 Å². The van der Waals surface area contributed by atoms with Crippen molar-refractivity contribution in [2.45, 2.75) is 12.7 Å². The Labute approximate surface area is 142 Å². The van der Waals surface area contributed by atoms with Crippen molar-refractivity contribution in [2.24, 2.45) is 0 Å². The number of hydrogen-bond acceptors (Lipinski definition) is 6. The maximum Gasteiger partial charge on any atom is 0.433 e. The highest BCUT2D eigenvalue weighted by Crippen LogP contribution is 2.26. The Morgan fingerprint density at radius 1 is 1.31 bits per heavy atom. The van der Waals surface area contributed by atoms with E-state index in [1.54, 1.807) is 6.07 Å². The molecule has 138 valence electrons. The molecule has 0 bridgehead atoms. The van der Waals surface area contributed by atoms with Crippen LogP contribution in [0.1, 0.15) is 16.8 Å². The molecule has 1 heterocycles. The lowest BCUT2D eigenvalue weighted by Crippen LogP contribution is -2.45. The molecular weight excluding hydrogens is 362 g/mol. The minimum atomic E-state index is -5.05. The molecule has 1 aromatic carbocycles. The Hall–Kier alpha value is -3.17. The lowest BCUT2D eigenvalue weighted by Gasteiger charge is -2.15. The minimum Gasteiger partial charge on any atom is -0.335 e. The third kappa shape index (κ3) is 3.44. The fourth-order valence-corrected chi connectivity index (χ4v) is 2.17. The van der Waals surface area contributed by atoms with Gasteiger partial charge in [-0.3, -0.25) is 4.79 Å². The van der Waals surface area contributed by atoms with Crippen molar-refractivity contribution in [3.05, 3.63) is 61.7 Å². The number of nitrogens with one attached hydrogen (secondary N) is 1. The monoisotopic (exact) mass is 373 g/mol. The zero-order valence-corrected chi connectivity index (χ0v) is 13.1. The Morgan fingerprint density at radius 3 is 2.50 bits per heavy atom. The number of nitriles is 1. The molecule has 0 amide bonds. The number of alkyl halides is 3. The second-order valence-corrected chi connectivity index (χ2v) is 4.95. The molecule has 2 aromatic rings. The van der Waals surface area contributed by atoms with E-state index in [2.05, 4.69) is 10.3 Å². The molecule has 0 unspecified atom stereocenters. The van der Waals surface area contributed by atoms with Crippen molar-refractivity contribution < 1.29 is 22.4 Å². The van der Waals surface area contributed by atoms with E-state index in [-0.39, 0.29) is 33.0 Å². The standard InChI is InChI=1S/C14H11F4N5O3/c1-26-21-6-8-3-10(9(15)2-7(8)5-19)22-12(24)4-11(14(16,17)18)23(20)13(22)25/h2-4,21H,6,20H2,1H3. The topological polar surface area (TPSA) is 115 Å². The summed E-state index contributed by atoms with van der Waals surface area (Å²) in [6, 6.07) is 3.50. The molecule has 3 N–H and O–H groups in total. The molecule has 0 aliphatic rings. The Kier molecular flexibility index (Phi) is 5.15. The lowest BCUT2D eigenvalue weighted by molar-refractivity contribution is -0.143. The third-order valence-corrected chi connectivity index (χ3v) is 3.37. The van der Waals surface area contributed by atoms with Crippen molar-refractivity contribution in [3.8, 4) is 11.8 Å². The van der Waals surface area contributed by atoms with E-state index in [0.29, 0.717) is 0 Å². The van der Waals surface area contributed by atoms with Crippen LogP contribution in [0.15, 0.2) is 27.8 Å². The summed E-state index contributed by atoms with van der Waals surface area (Å²) in [4.78, 5) is 28.7. The molecule has 8 nitrogen and oxygen atoms in total. The molecule has 0 spiro atoms. The Balaban J connectivity index is 2.77. The summed E-state index contributed by atoms with van der Waals surface area (Å²) in [6.45, 7) is -0.0983. The van der Waals surface area contributed by atoms with Crippen molar-refractivity contribution >= 4 is 0 Å². The smallest absolute Gasteiger partial charge is 0.335 e. The highest BCUT2D eigenvalue weighted by Gasteiger charge is 2.36. The van der Waals surface area contributed by atoms with Gasteiger partial charge >= 0.3 is 11.9 Å². The molecule has 26 heavy (non-hydrogen) atoms. The minimum absolute atomic E-state index is 0.0755. The van der Waals surface area contributed by atoms with Gasteiger partial charge in [0.1, 0.15) is 5.82 Å². The number of benzene rings is 1. The molecule has 0 saturated carbocycles. The number of hydrogen-bond donors (Lipinski definition) is 2. The van der Waals surface area contributed by atoms with Gasteiger partial charge in [0.15, 0.2) is 5.69 Å². The predicted octanol–water partition coefficient (Wildman–Crippen LogP) is 0.394. The molecule has 0 radical (unpaired) electrons. The lowest BCUT2D eigenvalue weighted by atomic mass is 10.1. The zero-order valence-electron chi connectivity index (χ0n) is 13.1. The van der Waals surface area contributed by atoms with E-state index in [1.165, 1.54) is 7.11 Å². The van der Waals surface area contributed by atoms with Gasteiger partial charge in [-0.25, -0.2) is 18.4 Å². The summed E-state index contributed by atoms with van der Waals surface area (Å²) in [5.41, 5.74) is -2.96. The summed E-state index contributed by atoms with van der Waals surface area (Å²) in [7, 11) is 1.28. The number of nitrogens with two attached hydrogens (primary N) is 1. The van der Waals surface area contributed by atoms with Crippen LogP contribution in [0.4, 0.5) is 17.6 Å². The number of nitrogens with zero attached hydrogens (tertiary/aromatic N) is 3. The Bertz CT molecular complexity index is 1000. The summed E-state index contributed by atoms with van der Waals surface area (Å²) < 4.78 is 52.5. The number of hydroxylamine groups is 1. The van der Waals surface area contributed by atoms with Crippen LogP contribution in [0.5, 0.6) is 0 Å². The highest BCUT2D eigenvalue weighted by molar-refractivity contribution is 5.47. The van der Waals surface area contributed by atoms with Gasteiger partial charge in [0.05, 0.1) is 24.4 Å². The van der Waals surface area contributed by atoms with E-state index in [1.807, 2.05) is 0 Å². The zero-order chi connectivity index (χ0) is 19.6. The van der Waals surface area contributed by atoms with Crippen molar-refractivity contribution in [2.75, 3.05) is 13.0 Å². The summed E-state index contributed by atoms with van der Waals surface area (Å²) in [5.74, 6) is 3.95. The van der Waals surface area contributed by atoms with Crippen LogP contribution < -0.4 is 22.6 Å². The van der Waals surface area contributed by atoms with Gasteiger partial charge in [-0.05, 0) is 17.7 Å². The molecule has 0 aliphatic heterocycles. The quantitative estimate of drug-likeness (QED) is 0.455. The molecular formula is C14H11F4N5O3. The SMILES string of the molecule is CONCc1cc(-n2c(=O)cc(C(F)(F)F)n(N)c2=O)c(F)cc1C#N. The first kappa shape index (κ1) is 19.2. The van der Waals surface area contributed by atoms with Crippen molar-refractivity contribution in [1.82, 2.24) is 14.7 Å². The van der Waals surface area contributed by atoms with E-state index in [4.69, 9.17) is 11.1 Å². The average Bonchev–Trinajstić information content (AvgIpc) is 2.56. The fourth-order valence-electron chi connectivity index (χ4n) is 2.17. The van der Waals surface area contributed by atoms with Crippen molar-refractivity contribution in [1.29, 1.82) is 5.26 Å². The van der Waals surface area contributed by atoms with E-state index < -0.39 is 34.6 Å². The van der Waals surface area contributed by atoms with Crippen LogP contribution in [-0.2, 0) is 17.6 Å². The average molecular weight is 373 g/mol. The first-order chi connectivity index (χ1) is 12.1. The van der Waals surface area contributed by atoms with Crippen LogP contribution in [0.3, 0.4) is 0 Å². The van der Waals surface area contributed by atoms with Crippen LogP contribution in [0.25, 0.3) is 5.69 Å². The molecule has 0 saturated heterocycles. The first-order valence-corrected chi connectivity index (χ1v) is 6.82. The van der Waals surface area contributed by atoms with Gasteiger partial charge in [-0.15, -0.1) is 0 Å². The number of rotatable bonds is 4. The fraction of sp³-hybridized carbons (Fsp3) is 0.214. The molecule has 0 aliphatic carbocycles. The van der Waals surface area contributed by atoms with Gasteiger partial charge in [0, 0.05) is 12.6 Å². The largest absolute Gasteiger partial charge is 0.433 e. The molecule has 12 heteroatoms. The van der Waals surface area contributed by atoms with Crippen LogP contribution in [0, 0.1) is 17.1 Å². The van der Waals surface area contributed by atoms with Crippen LogP contribution >= 0.6 is 0 Å². The number of nitrogen functional groups attached to an aromatic ring is 1. The summed E-state index contributed by atoms with van der Waals surface area (Å²) in [5, 5.41) is 9.02. The van der Waals surface area contributed by atoms with Gasteiger partial charge in [0.2, 0.25) is 0 Å². The third-order valence-electron chi connectivity index (χ3n) is 3.37. The van der Waals surface area contributed by atoms with Gasteiger partial charge in [-0.2, -0.15) is 23.9 Å². The van der Waals surface area contributed by atoms with Gasteiger partial charge in [0.25, 0.3) is 5.56 Å². The van der Waals surface area contributed by atoms with E-state index in [9.17, 15) is 27.2 Å². The molecule has 2 rings (SSSR count). The van der Waals surface area contributed by atoms with E-state index >= 15 is 0 Å². The van der Waals surface area contributed by atoms with Crippen LogP contribution in [-0.4, -0.2) is 16.4 Å².